The molecular weight excluding hydrogens is 899 g/mol. The molecule has 13 aromatic rings. The van der Waals surface area contributed by atoms with Crippen molar-refractivity contribution < 1.29 is 4.42 Å². The molecule has 5 heterocycles. The summed E-state index contributed by atoms with van der Waals surface area (Å²) in [4.78, 5) is 16.7. The quantitative estimate of drug-likeness (QED) is 0.156. The summed E-state index contributed by atoms with van der Waals surface area (Å²) < 4.78 is 14.0. The summed E-state index contributed by atoms with van der Waals surface area (Å²) in [5, 5.41) is 7.95. The Labute approximate surface area is 418 Å². The van der Waals surface area contributed by atoms with Gasteiger partial charge in [-0.15, -0.1) is 11.3 Å². The van der Waals surface area contributed by atoms with Gasteiger partial charge in [-0.2, -0.15) is 0 Å². The van der Waals surface area contributed by atoms with Gasteiger partial charge in [0.25, 0.3) is 0 Å². The zero-order valence-electron chi connectivity index (χ0n) is 38.9. The number of aromatic nitrogens is 5. The monoisotopic (exact) mass is 939 g/mol. The van der Waals surface area contributed by atoms with Crippen LogP contribution in [0.3, 0.4) is 0 Å². The Balaban J connectivity index is 1.04. The van der Waals surface area contributed by atoms with Crippen molar-refractivity contribution >= 4 is 97.9 Å². The minimum Gasteiger partial charge on any atom is -0.456 e. The largest absolute Gasteiger partial charge is 0.456 e. The molecule has 7 heteroatoms. The summed E-state index contributed by atoms with van der Waals surface area (Å²) >= 11 is 1.78. The first-order valence-corrected chi connectivity index (χ1v) is 25.4. The average molecular weight is 940 g/mol. The van der Waals surface area contributed by atoms with Crippen LogP contribution in [0.5, 0.6) is 0 Å². The lowest BCUT2D eigenvalue weighted by Gasteiger charge is -2.19. The number of para-hydroxylation sites is 3. The zero-order chi connectivity index (χ0) is 47.3. The van der Waals surface area contributed by atoms with E-state index in [0.717, 1.165) is 107 Å². The number of nitrogens with zero attached hydrogens (tertiary/aromatic N) is 5. The Bertz CT molecular complexity index is 4580. The fourth-order valence-corrected chi connectivity index (χ4v) is 12.6. The fourth-order valence-electron chi connectivity index (χ4n) is 11.4. The first kappa shape index (κ1) is 40.8. The zero-order valence-corrected chi connectivity index (χ0v) is 39.8. The minimum atomic E-state index is 0.582. The van der Waals surface area contributed by atoms with Crippen LogP contribution in [0.15, 0.2) is 199 Å². The number of furan rings is 1. The Morgan fingerprint density at radius 2 is 1.26 bits per heavy atom. The Kier molecular flexibility index (Phi) is 9.20. The van der Waals surface area contributed by atoms with Crippen molar-refractivity contribution in [3.8, 4) is 62.8 Å². The smallest absolute Gasteiger partial charge is 0.166 e. The molecule has 0 fully saturated rings. The molecule has 6 nitrogen and oxygen atoms in total. The molecular formula is C65H41N5OS. The van der Waals surface area contributed by atoms with Crippen molar-refractivity contribution in [2.24, 2.45) is 0 Å². The molecule has 0 atom stereocenters. The number of rotatable bonds is 6. The van der Waals surface area contributed by atoms with E-state index in [2.05, 4.69) is 209 Å². The maximum atomic E-state index is 6.62. The van der Waals surface area contributed by atoms with Gasteiger partial charge in [-0.3, -0.25) is 0 Å². The molecule has 2 aliphatic rings. The molecule has 5 aromatic heterocycles. The first-order chi connectivity index (χ1) is 35.7. The molecule has 0 amide bonds. The molecule has 0 radical (unpaired) electrons. The number of hydrogen-bond acceptors (Lipinski definition) is 5. The van der Waals surface area contributed by atoms with Gasteiger partial charge in [0.05, 0.1) is 22.2 Å². The summed E-state index contributed by atoms with van der Waals surface area (Å²) in [6, 6.07) is 60.5. The van der Waals surface area contributed by atoms with Crippen LogP contribution >= 0.6 is 11.3 Å². The molecule has 0 aliphatic heterocycles. The third kappa shape index (κ3) is 6.26. The average Bonchev–Trinajstić information content (AvgIpc) is 4.19. The molecule has 0 saturated carbocycles. The Morgan fingerprint density at radius 3 is 2.18 bits per heavy atom. The van der Waals surface area contributed by atoms with Crippen LogP contribution < -0.4 is 0 Å². The number of thiophene rings is 1. The van der Waals surface area contributed by atoms with Crippen molar-refractivity contribution in [2.75, 3.05) is 0 Å². The number of allylic oxidation sites excluding steroid dienone is 5. The highest BCUT2D eigenvalue weighted by Gasteiger charge is 2.27. The molecule has 0 N–H and O–H groups in total. The highest BCUT2D eigenvalue weighted by molar-refractivity contribution is 7.26. The summed E-state index contributed by atoms with van der Waals surface area (Å²) in [6.07, 6.45) is 14.4. The topological polar surface area (TPSA) is 61.7 Å². The summed E-state index contributed by atoms with van der Waals surface area (Å²) in [7, 11) is 0. The van der Waals surface area contributed by atoms with Crippen LogP contribution in [0, 0.1) is 11.8 Å². The van der Waals surface area contributed by atoms with E-state index in [4.69, 9.17) is 19.4 Å². The lowest BCUT2D eigenvalue weighted by molar-refractivity contribution is 0.669. The van der Waals surface area contributed by atoms with Crippen LogP contribution in [0.1, 0.15) is 30.5 Å². The number of hydrogen-bond donors (Lipinski definition) is 0. The van der Waals surface area contributed by atoms with Gasteiger partial charge >= 0.3 is 0 Å². The Morgan fingerprint density at radius 1 is 0.528 bits per heavy atom. The standard InChI is InChI=1S/C65H41N5OS/c1-2-7-21-42(22-8-3-1)69-53-32-12-9-24-44(53)47-27-17-34-55(61(47)69)70-54-33-13-10-23-43(54)46-26-15-30-50(60(46)70)64-66-63(67-65(68-64)51-31-16-28-48-45-25-11-14-36-58(45)72-62(48)51)49-29-18-35-57-59(49)52-39-41(37-38-56(52)71-57)40-19-5-4-6-20-40/h2,4-7,9-12,14-21,23-32,34-39H,1,13,22,33H2/b7-2-,42-21+. The highest BCUT2D eigenvalue weighted by atomic mass is 32.1. The van der Waals surface area contributed by atoms with Gasteiger partial charge in [0, 0.05) is 93.6 Å². The van der Waals surface area contributed by atoms with Crippen LogP contribution in [-0.4, -0.2) is 24.1 Å². The van der Waals surface area contributed by atoms with Gasteiger partial charge in [0.15, 0.2) is 17.5 Å². The predicted octanol–water partition coefficient (Wildman–Crippen LogP) is 17.0. The minimum absolute atomic E-state index is 0.582. The summed E-state index contributed by atoms with van der Waals surface area (Å²) in [6.45, 7) is 0. The van der Waals surface area contributed by atoms with Gasteiger partial charge in [-0.25, -0.2) is 15.0 Å². The first-order valence-electron chi connectivity index (χ1n) is 24.6. The van der Waals surface area contributed by atoms with Crippen LogP contribution in [0.2, 0.25) is 0 Å². The molecule has 15 rings (SSSR count). The lowest BCUT2D eigenvalue weighted by atomic mass is 10.0. The molecule has 0 bridgehead atoms. The molecule has 2 aliphatic carbocycles. The second-order valence-corrected chi connectivity index (χ2v) is 19.7. The molecule has 0 unspecified atom stereocenters. The second-order valence-electron chi connectivity index (χ2n) is 18.6. The molecule has 0 saturated heterocycles. The third-order valence-corrected chi connectivity index (χ3v) is 15.8. The molecule has 8 aromatic carbocycles. The molecule has 72 heavy (non-hydrogen) atoms. The predicted molar refractivity (Wildman–Crippen MR) is 299 cm³/mol. The maximum Gasteiger partial charge on any atom is 0.166 e. The van der Waals surface area contributed by atoms with E-state index in [0.29, 0.717) is 23.9 Å². The molecule has 338 valence electrons. The van der Waals surface area contributed by atoms with E-state index in [1.807, 2.05) is 12.1 Å². The van der Waals surface area contributed by atoms with Crippen LogP contribution in [-0.2, 0) is 6.42 Å². The van der Waals surface area contributed by atoms with Crippen LogP contribution in [0.4, 0.5) is 0 Å². The van der Waals surface area contributed by atoms with Crippen molar-refractivity contribution in [1.82, 2.24) is 24.1 Å². The van der Waals surface area contributed by atoms with Crippen molar-refractivity contribution in [1.29, 1.82) is 0 Å². The second kappa shape index (κ2) is 16.2. The van der Waals surface area contributed by atoms with Crippen molar-refractivity contribution in [2.45, 2.75) is 25.7 Å². The van der Waals surface area contributed by atoms with Crippen molar-refractivity contribution in [3.63, 3.8) is 0 Å². The van der Waals surface area contributed by atoms with E-state index in [1.54, 1.807) is 11.3 Å². The van der Waals surface area contributed by atoms with E-state index in [9.17, 15) is 0 Å². The lowest BCUT2D eigenvalue weighted by Crippen LogP contribution is -2.07. The van der Waals surface area contributed by atoms with E-state index in [-0.39, 0.29) is 0 Å². The SMILES string of the molecule is C1#CC/C(n2c3ccccc3c3cccc(-n4c5c(c6cccc(-c7nc(-c8cccc9c8sc8ccccc89)nc(-c8cccc9oc%10ccc(-c%11ccccc%11)cc%10c89)n7)c64)C=CCC5)c32)=C\C=C/C1. The summed E-state index contributed by atoms with van der Waals surface area (Å²) in [5.41, 5.74) is 14.7. The van der Waals surface area contributed by atoms with Gasteiger partial charge in [-0.1, -0.05) is 157 Å². The van der Waals surface area contributed by atoms with E-state index >= 15 is 0 Å². The van der Waals surface area contributed by atoms with Crippen molar-refractivity contribution in [3.05, 3.63) is 205 Å². The van der Waals surface area contributed by atoms with Gasteiger partial charge < -0.3 is 13.6 Å². The number of fused-ring (bicyclic) bond motifs is 12. The van der Waals surface area contributed by atoms with E-state index < -0.39 is 0 Å². The molecule has 0 spiro atoms. The normalized spacial score (nSPS) is 14.8. The highest BCUT2D eigenvalue weighted by Crippen LogP contribution is 2.45. The number of benzene rings is 8. The van der Waals surface area contributed by atoms with Gasteiger partial charge in [-0.05, 0) is 78.6 Å². The maximum absolute atomic E-state index is 6.62. The third-order valence-electron chi connectivity index (χ3n) is 14.6. The summed E-state index contributed by atoms with van der Waals surface area (Å²) in [5.74, 6) is 8.63. The Hall–Kier alpha value is -9.09. The fraction of sp³-hybridized carbons (Fsp3) is 0.0615. The van der Waals surface area contributed by atoms with Gasteiger partial charge in [0.1, 0.15) is 11.2 Å². The van der Waals surface area contributed by atoms with Crippen LogP contribution in [0.25, 0.3) is 138 Å². The van der Waals surface area contributed by atoms with E-state index in [1.165, 1.54) is 37.5 Å². The van der Waals surface area contributed by atoms with Gasteiger partial charge in [0.2, 0.25) is 0 Å².